The van der Waals surface area contributed by atoms with Gasteiger partial charge in [0.1, 0.15) is 8.07 Å². The van der Waals surface area contributed by atoms with E-state index in [-0.39, 0.29) is 0 Å². The molecule has 1 heterocycles. The monoisotopic (exact) mass is 305 g/mol. The number of hydrogen-bond acceptors (Lipinski definition) is 1. The van der Waals surface area contributed by atoms with Crippen LogP contribution in [0, 0.1) is 11.5 Å². The zero-order valence-electron chi connectivity index (χ0n) is 13.6. The van der Waals surface area contributed by atoms with Gasteiger partial charge in [0.15, 0.2) is 0 Å². The smallest absolute Gasteiger partial charge is 0.129 e. The van der Waals surface area contributed by atoms with Gasteiger partial charge < -0.3 is 0 Å². The second-order valence-electron chi connectivity index (χ2n) is 6.98. The molecule has 1 unspecified atom stereocenters. The molecule has 2 aromatic rings. The Morgan fingerprint density at radius 2 is 1.50 bits per heavy atom. The van der Waals surface area contributed by atoms with Gasteiger partial charge in [-0.25, -0.2) is 0 Å². The summed E-state index contributed by atoms with van der Waals surface area (Å²) in [5.41, 5.74) is 6.29. The summed E-state index contributed by atoms with van der Waals surface area (Å²) >= 11 is 0. The van der Waals surface area contributed by atoms with E-state index in [0.717, 1.165) is 6.54 Å². The minimum absolute atomic E-state index is 0.370. The van der Waals surface area contributed by atoms with Crippen LogP contribution in [-0.4, -0.2) is 19.0 Å². The summed E-state index contributed by atoms with van der Waals surface area (Å²) in [6.45, 7) is 7.90. The zero-order valence-corrected chi connectivity index (χ0v) is 14.6. The summed E-state index contributed by atoms with van der Waals surface area (Å²) in [6.07, 6.45) is 0. The Kier molecular flexibility index (Phi) is 4.20. The molecule has 1 nitrogen and oxygen atoms in total. The molecule has 0 bridgehead atoms. The van der Waals surface area contributed by atoms with Gasteiger partial charge >= 0.3 is 0 Å². The van der Waals surface area contributed by atoms with Crippen molar-refractivity contribution in [1.29, 1.82) is 0 Å². The van der Waals surface area contributed by atoms with Crippen LogP contribution >= 0.6 is 0 Å². The van der Waals surface area contributed by atoms with Gasteiger partial charge in [0, 0.05) is 6.54 Å². The largest absolute Gasteiger partial charge is 0.274 e. The van der Waals surface area contributed by atoms with Crippen LogP contribution in [0.2, 0.25) is 19.6 Å². The summed E-state index contributed by atoms with van der Waals surface area (Å²) in [7, 11) is -1.32. The minimum Gasteiger partial charge on any atom is -0.274 e. The van der Waals surface area contributed by atoms with E-state index in [1.54, 1.807) is 0 Å². The van der Waals surface area contributed by atoms with Gasteiger partial charge in [0.05, 0.1) is 12.1 Å². The molecule has 2 heteroatoms. The first-order valence-corrected chi connectivity index (χ1v) is 11.4. The van der Waals surface area contributed by atoms with E-state index in [2.05, 4.69) is 96.7 Å². The van der Waals surface area contributed by atoms with Gasteiger partial charge in [-0.15, -0.1) is 5.54 Å². The molecule has 3 rings (SSSR count). The topological polar surface area (TPSA) is 3.01 Å². The molecule has 3 atom stereocenters. The lowest BCUT2D eigenvalue weighted by atomic mass is 10.1. The van der Waals surface area contributed by atoms with Gasteiger partial charge in [0.25, 0.3) is 0 Å². The predicted molar refractivity (Wildman–Crippen MR) is 96.1 cm³/mol. The molecular weight excluding hydrogens is 282 g/mol. The third-order valence-corrected chi connectivity index (χ3v) is 4.76. The lowest BCUT2D eigenvalue weighted by Crippen LogP contribution is -2.17. The SMILES string of the molecule is C[Si](C)(C)C#C[C@H]1[C@H](c2ccccc2)N1Cc1ccccc1. The average molecular weight is 305 g/mol. The van der Waals surface area contributed by atoms with E-state index in [1.807, 2.05) is 0 Å². The lowest BCUT2D eigenvalue weighted by molar-refractivity contribution is 0.495. The van der Waals surface area contributed by atoms with Crippen molar-refractivity contribution in [3.05, 3.63) is 71.8 Å². The highest BCUT2D eigenvalue weighted by Gasteiger charge is 2.47. The minimum atomic E-state index is -1.32. The van der Waals surface area contributed by atoms with Crippen LogP contribution < -0.4 is 0 Å². The Morgan fingerprint density at radius 3 is 2.09 bits per heavy atom. The first kappa shape index (κ1) is 15.1. The second-order valence-corrected chi connectivity index (χ2v) is 11.7. The van der Waals surface area contributed by atoms with Gasteiger partial charge in [-0.3, -0.25) is 4.90 Å². The molecule has 0 aromatic heterocycles. The van der Waals surface area contributed by atoms with Crippen LogP contribution in [0.1, 0.15) is 17.2 Å². The molecule has 1 aliphatic rings. The highest BCUT2D eigenvalue weighted by Crippen LogP contribution is 2.43. The third kappa shape index (κ3) is 3.68. The normalized spacial score (nSPS) is 23.5. The maximum absolute atomic E-state index is 3.55. The summed E-state index contributed by atoms with van der Waals surface area (Å²) in [6, 6.07) is 22.3. The third-order valence-electron chi connectivity index (χ3n) is 3.87. The van der Waals surface area contributed by atoms with Crippen LogP contribution in [0.25, 0.3) is 0 Å². The highest BCUT2D eigenvalue weighted by atomic mass is 28.3. The fourth-order valence-electron chi connectivity index (χ4n) is 2.74. The Labute approximate surface area is 135 Å². The van der Waals surface area contributed by atoms with Gasteiger partial charge in [0.2, 0.25) is 0 Å². The molecule has 0 amide bonds. The average Bonchev–Trinajstić information content (AvgIpc) is 3.19. The van der Waals surface area contributed by atoms with Crippen molar-refractivity contribution in [3.63, 3.8) is 0 Å². The standard InChI is InChI=1S/C20H23NSi/c1-22(2,3)15-14-19-20(18-12-8-5-9-13-18)21(19)16-17-10-6-4-7-11-17/h4-13,19-20H,16H2,1-3H3/t19-,20-,21?/m0/s1. The molecule has 2 aromatic carbocycles. The Balaban J connectivity index is 1.81. The quantitative estimate of drug-likeness (QED) is 0.458. The maximum Gasteiger partial charge on any atom is 0.129 e. The molecule has 0 spiro atoms. The van der Waals surface area contributed by atoms with Crippen molar-refractivity contribution in [2.24, 2.45) is 0 Å². The van der Waals surface area contributed by atoms with E-state index in [9.17, 15) is 0 Å². The van der Waals surface area contributed by atoms with Crippen molar-refractivity contribution in [1.82, 2.24) is 4.90 Å². The molecule has 22 heavy (non-hydrogen) atoms. The number of benzene rings is 2. The Morgan fingerprint density at radius 1 is 0.909 bits per heavy atom. The van der Waals surface area contributed by atoms with Crippen molar-refractivity contribution < 1.29 is 0 Å². The summed E-state index contributed by atoms with van der Waals surface area (Å²) < 4.78 is 0. The molecule has 0 aliphatic carbocycles. The van der Waals surface area contributed by atoms with Crippen LogP contribution in [0.4, 0.5) is 0 Å². The van der Waals surface area contributed by atoms with Gasteiger partial charge in [-0.05, 0) is 11.1 Å². The van der Waals surface area contributed by atoms with Crippen LogP contribution in [-0.2, 0) is 6.54 Å². The summed E-state index contributed by atoms with van der Waals surface area (Å²) in [4.78, 5) is 2.50. The first-order chi connectivity index (χ1) is 10.5. The fourth-order valence-corrected chi connectivity index (χ4v) is 3.32. The van der Waals surface area contributed by atoms with E-state index in [1.165, 1.54) is 11.1 Å². The fraction of sp³-hybridized carbons (Fsp3) is 0.300. The molecule has 1 aliphatic heterocycles. The van der Waals surface area contributed by atoms with E-state index in [4.69, 9.17) is 0 Å². The molecule has 0 radical (unpaired) electrons. The van der Waals surface area contributed by atoms with Gasteiger partial charge in [-0.2, -0.15) is 0 Å². The molecule has 0 saturated carbocycles. The second kappa shape index (κ2) is 6.12. The van der Waals surface area contributed by atoms with Crippen molar-refractivity contribution >= 4 is 8.07 Å². The molecule has 112 valence electrons. The van der Waals surface area contributed by atoms with Crippen LogP contribution in [0.15, 0.2) is 60.7 Å². The maximum atomic E-state index is 3.55. The predicted octanol–water partition coefficient (Wildman–Crippen LogP) is 4.49. The van der Waals surface area contributed by atoms with Crippen molar-refractivity contribution in [3.8, 4) is 11.5 Å². The summed E-state index contributed by atoms with van der Waals surface area (Å²) in [5, 5.41) is 0. The lowest BCUT2D eigenvalue weighted by Gasteiger charge is -2.04. The van der Waals surface area contributed by atoms with E-state index >= 15 is 0 Å². The first-order valence-electron chi connectivity index (χ1n) is 7.92. The van der Waals surface area contributed by atoms with E-state index in [0.29, 0.717) is 12.1 Å². The Bertz CT molecular complexity index is 676. The molecular formula is C20H23NSi. The van der Waals surface area contributed by atoms with Crippen LogP contribution in [0.5, 0.6) is 0 Å². The summed E-state index contributed by atoms with van der Waals surface area (Å²) in [5.74, 6) is 3.55. The molecule has 0 N–H and O–H groups in total. The van der Waals surface area contributed by atoms with Crippen molar-refractivity contribution in [2.45, 2.75) is 38.3 Å². The number of nitrogens with zero attached hydrogens (tertiary/aromatic N) is 1. The molecule has 1 saturated heterocycles. The van der Waals surface area contributed by atoms with Crippen molar-refractivity contribution in [2.75, 3.05) is 0 Å². The molecule has 1 fully saturated rings. The van der Waals surface area contributed by atoms with E-state index < -0.39 is 8.07 Å². The number of hydrogen-bond donors (Lipinski definition) is 0. The van der Waals surface area contributed by atoms with Gasteiger partial charge in [-0.1, -0.05) is 86.2 Å². The van der Waals surface area contributed by atoms with Crippen LogP contribution in [0.3, 0.4) is 0 Å². The number of rotatable bonds is 3. The Hall–Kier alpha value is -1.82. The highest BCUT2D eigenvalue weighted by molar-refractivity contribution is 6.83. The zero-order chi connectivity index (χ0) is 15.6.